The average Bonchev–Trinajstić information content (AvgIpc) is 3.11. The molecule has 1 saturated carbocycles. The largest absolute Gasteiger partial charge is 0.489 e. The predicted octanol–water partition coefficient (Wildman–Crippen LogP) is 3.17. The highest BCUT2D eigenvalue weighted by Gasteiger charge is 2.20. The van der Waals surface area contributed by atoms with Gasteiger partial charge in [0, 0.05) is 17.8 Å². The van der Waals surface area contributed by atoms with Crippen molar-refractivity contribution in [2.45, 2.75) is 50.7 Å². The SMILES string of the molecule is C=C(c1cncc(OC2CCCC2)c1)[C@@H]1CCCN1. The number of aromatic nitrogens is 1. The second-order valence-electron chi connectivity index (χ2n) is 5.61. The molecule has 0 aromatic carbocycles. The lowest BCUT2D eigenvalue weighted by molar-refractivity contribution is 0.209. The molecule has 0 radical (unpaired) electrons. The zero-order valence-corrected chi connectivity index (χ0v) is 11.4. The summed E-state index contributed by atoms with van der Waals surface area (Å²) in [5.41, 5.74) is 2.25. The second kappa shape index (κ2) is 5.74. The molecule has 2 heterocycles. The Balaban J connectivity index is 1.69. The molecular formula is C16H22N2O. The summed E-state index contributed by atoms with van der Waals surface area (Å²) in [4.78, 5) is 4.31. The third-order valence-electron chi connectivity index (χ3n) is 4.17. The summed E-state index contributed by atoms with van der Waals surface area (Å²) in [5, 5.41) is 3.48. The minimum atomic E-state index is 0.384. The van der Waals surface area contributed by atoms with Gasteiger partial charge in [-0.1, -0.05) is 6.58 Å². The van der Waals surface area contributed by atoms with Crippen LogP contribution in [-0.4, -0.2) is 23.7 Å². The molecule has 3 nitrogen and oxygen atoms in total. The molecule has 1 aliphatic carbocycles. The maximum Gasteiger partial charge on any atom is 0.138 e. The zero-order valence-electron chi connectivity index (χ0n) is 11.4. The molecule has 1 aromatic heterocycles. The molecule has 1 N–H and O–H groups in total. The highest BCUT2D eigenvalue weighted by atomic mass is 16.5. The summed E-state index contributed by atoms with van der Waals surface area (Å²) >= 11 is 0. The summed E-state index contributed by atoms with van der Waals surface area (Å²) < 4.78 is 6.00. The van der Waals surface area contributed by atoms with Gasteiger partial charge >= 0.3 is 0 Å². The number of ether oxygens (including phenoxy) is 1. The van der Waals surface area contributed by atoms with Crippen molar-refractivity contribution in [3.8, 4) is 5.75 Å². The zero-order chi connectivity index (χ0) is 13.1. The van der Waals surface area contributed by atoms with E-state index in [1.807, 2.05) is 12.4 Å². The van der Waals surface area contributed by atoms with Gasteiger partial charge in [0.05, 0.1) is 12.3 Å². The molecule has 1 atom stereocenters. The predicted molar refractivity (Wildman–Crippen MR) is 77.2 cm³/mol. The molecule has 3 rings (SSSR count). The minimum Gasteiger partial charge on any atom is -0.489 e. The molecule has 2 aliphatic rings. The lowest BCUT2D eigenvalue weighted by Crippen LogP contribution is -2.22. The smallest absolute Gasteiger partial charge is 0.138 e. The third-order valence-corrected chi connectivity index (χ3v) is 4.17. The van der Waals surface area contributed by atoms with E-state index in [4.69, 9.17) is 4.74 Å². The highest BCUT2D eigenvalue weighted by Crippen LogP contribution is 2.27. The van der Waals surface area contributed by atoms with Crippen LogP contribution in [0.1, 0.15) is 44.1 Å². The van der Waals surface area contributed by atoms with Gasteiger partial charge in [-0.15, -0.1) is 0 Å². The first-order chi connectivity index (χ1) is 9.33. The fraction of sp³-hybridized carbons (Fsp3) is 0.562. The van der Waals surface area contributed by atoms with Gasteiger partial charge in [-0.25, -0.2) is 0 Å². The van der Waals surface area contributed by atoms with Crippen molar-refractivity contribution < 1.29 is 4.74 Å². The number of pyridine rings is 1. The maximum atomic E-state index is 6.00. The fourth-order valence-corrected chi connectivity index (χ4v) is 3.04. The van der Waals surface area contributed by atoms with E-state index in [9.17, 15) is 0 Å². The van der Waals surface area contributed by atoms with E-state index >= 15 is 0 Å². The van der Waals surface area contributed by atoms with Crippen LogP contribution in [-0.2, 0) is 0 Å². The molecule has 0 spiro atoms. The number of rotatable bonds is 4. The van der Waals surface area contributed by atoms with Crippen LogP contribution in [0.4, 0.5) is 0 Å². The number of hydrogen-bond donors (Lipinski definition) is 1. The Labute approximate surface area is 115 Å². The number of nitrogens with zero attached hydrogens (tertiary/aromatic N) is 1. The Morgan fingerprint density at radius 3 is 2.79 bits per heavy atom. The summed E-state index contributed by atoms with van der Waals surface area (Å²) in [6.45, 7) is 5.31. The van der Waals surface area contributed by atoms with Gasteiger partial charge in [-0.2, -0.15) is 0 Å². The maximum absolute atomic E-state index is 6.00. The highest BCUT2D eigenvalue weighted by molar-refractivity contribution is 5.68. The minimum absolute atomic E-state index is 0.384. The van der Waals surface area contributed by atoms with E-state index in [-0.39, 0.29) is 0 Å². The fourth-order valence-electron chi connectivity index (χ4n) is 3.04. The van der Waals surface area contributed by atoms with Crippen molar-refractivity contribution in [2.75, 3.05) is 6.54 Å². The van der Waals surface area contributed by atoms with Gasteiger partial charge < -0.3 is 10.1 Å². The lowest BCUT2D eigenvalue weighted by Gasteiger charge is -2.16. The van der Waals surface area contributed by atoms with Crippen LogP contribution in [0.2, 0.25) is 0 Å². The molecule has 1 saturated heterocycles. The topological polar surface area (TPSA) is 34.1 Å². The molecule has 2 fully saturated rings. The van der Waals surface area contributed by atoms with Gasteiger partial charge in [0.15, 0.2) is 0 Å². The molecule has 19 heavy (non-hydrogen) atoms. The van der Waals surface area contributed by atoms with Crippen molar-refractivity contribution in [3.05, 3.63) is 30.6 Å². The van der Waals surface area contributed by atoms with Crippen molar-refractivity contribution in [3.63, 3.8) is 0 Å². The summed E-state index contributed by atoms with van der Waals surface area (Å²) in [5.74, 6) is 0.892. The normalized spacial score (nSPS) is 23.7. The van der Waals surface area contributed by atoms with Crippen LogP contribution in [0.5, 0.6) is 5.75 Å². The van der Waals surface area contributed by atoms with Gasteiger partial charge in [0.2, 0.25) is 0 Å². The van der Waals surface area contributed by atoms with Crippen molar-refractivity contribution in [1.29, 1.82) is 0 Å². The van der Waals surface area contributed by atoms with E-state index in [0.717, 1.165) is 23.4 Å². The van der Waals surface area contributed by atoms with E-state index in [1.165, 1.54) is 38.5 Å². The number of nitrogens with one attached hydrogen (secondary N) is 1. The standard InChI is InChI=1S/C16H22N2O/c1-12(16-7-4-8-18-16)13-9-15(11-17-10-13)19-14-5-2-3-6-14/h9-11,14,16,18H,1-8H2/t16-/m0/s1. The Bertz CT molecular complexity index is 446. The lowest BCUT2D eigenvalue weighted by atomic mass is 10.0. The number of hydrogen-bond acceptors (Lipinski definition) is 3. The van der Waals surface area contributed by atoms with E-state index < -0.39 is 0 Å². The first kappa shape index (κ1) is 12.7. The van der Waals surface area contributed by atoms with Crippen LogP contribution in [0.25, 0.3) is 5.57 Å². The Kier molecular flexibility index (Phi) is 3.83. The van der Waals surface area contributed by atoms with E-state index in [2.05, 4.69) is 22.9 Å². The van der Waals surface area contributed by atoms with Gasteiger partial charge in [0.1, 0.15) is 5.75 Å². The molecule has 0 bridgehead atoms. The van der Waals surface area contributed by atoms with Gasteiger partial charge in [0.25, 0.3) is 0 Å². The summed E-state index contributed by atoms with van der Waals surface area (Å²) in [6.07, 6.45) is 11.4. The van der Waals surface area contributed by atoms with Crippen molar-refractivity contribution in [2.24, 2.45) is 0 Å². The second-order valence-corrected chi connectivity index (χ2v) is 5.61. The molecule has 1 aliphatic heterocycles. The van der Waals surface area contributed by atoms with Crippen LogP contribution < -0.4 is 10.1 Å². The Morgan fingerprint density at radius 2 is 2.05 bits per heavy atom. The first-order valence-corrected chi connectivity index (χ1v) is 7.37. The summed E-state index contributed by atoms with van der Waals surface area (Å²) in [6, 6.07) is 2.50. The molecule has 3 heteroatoms. The summed E-state index contributed by atoms with van der Waals surface area (Å²) in [7, 11) is 0. The third kappa shape index (κ3) is 2.98. The molecule has 1 aromatic rings. The molecular weight excluding hydrogens is 236 g/mol. The van der Waals surface area contributed by atoms with Gasteiger partial charge in [-0.3, -0.25) is 4.98 Å². The Hall–Kier alpha value is -1.35. The van der Waals surface area contributed by atoms with Crippen LogP contribution in [0.15, 0.2) is 25.0 Å². The monoisotopic (exact) mass is 258 g/mol. The van der Waals surface area contributed by atoms with Crippen LogP contribution in [0.3, 0.4) is 0 Å². The van der Waals surface area contributed by atoms with Crippen LogP contribution in [0, 0.1) is 0 Å². The average molecular weight is 258 g/mol. The quantitative estimate of drug-likeness (QED) is 0.900. The van der Waals surface area contributed by atoms with E-state index in [0.29, 0.717) is 12.1 Å². The molecule has 102 valence electrons. The Morgan fingerprint density at radius 1 is 1.21 bits per heavy atom. The van der Waals surface area contributed by atoms with E-state index in [1.54, 1.807) is 0 Å². The molecule has 0 unspecified atom stereocenters. The van der Waals surface area contributed by atoms with Crippen LogP contribution >= 0.6 is 0 Å². The van der Waals surface area contributed by atoms with Gasteiger partial charge in [-0.05, 0) is 56.7 Å². The first-order valence-electron chi connectivity index (χ1n) is 7.37. The molecule has 0 amide bonds. The van der Waals surface area contributed by atoms with Crippen molar-refractivity contribution in [1.82, 2.24) is 10.3 Å². The van der Waals surface area contributed by atoms with Crippen molar-refractivity contribution >= 4 is 5.57 Å².